The minimum Gasteiger partial charge on any atom is -0.364 e. The van der Waals surface area contributed by atoms with Gasteiger partial charge in [0.1, 0.15) is 5.69 Å². The number of carbonyl (C=O) groups excluding carboxylic acids is 2. The third-order valence-electron chi connectivity index (χ3n) is 3.75. The van der Waals surface area contributed by atoms with E-state index in [0.717, 1.165) is 6.42 Å². The SMILES string of the molecule is NC(=O)c1nccnc1[C@H]1CCN(C(=O)c2ccncc2)C1. The van der Waals surface area contributed by atoms with Crippen LogP contribution in [-0.2, 0) is 0 Å². The van der Waals surface area contributed by atoms with Crippen LogP contribution in [0, 0.1) is 0 Å². The summed E-state index contributed by atoms with van der Waals surface area (Å²) in [6.45, 7) is 1.11. The van der Waals surface area contributed by atoms with Gasteiger partial charge in [-0.05, 0) is 18.6 Å². The van der Waals surface area contributed by atoms with Crippen LogP contribution in [0.3, 0.4) is 0 Å². The maximum atomic E-state index is 12.4. The van der Waals surface area contributed by atoms with Gasteiger partial charge in [0.05, 0.1) is 5.69 Å². The van der Waals surface area contributed by atoms with Crippen LogP contribution in [0.25, 0.3) is 0 Å². The molecule has 2 N–H and O–H groups in total. The van der Waals surface area contributed by atoms with Crippen LogP contribution >= 0.6 is 0 Å². The molecule has 1 aliphatic heterocycles. The number of rotatable bonds is 3. The fraction of sp³-hybridized carbons (Fsp3) is 0.267. The summed E-state index contributed by atoms with van der Waals surface area (Å²) < 4.78 is 0. The Morgan fingerprint density at radius 2 is 1.86 bits per heavy atom. The van der Waals surface area contributed by atoms with E-state index in [0.29, 0.717) is 24.3 Å². The Labute approximate surface area is 127 Å². The van der Waals surface area contributed by atoms with Crippen molar-refractivity contribution in [3.05, 3.63) is 53.9 Å². The molecule has 7 heteroatoms. The molecular weight excluding hydrogens is 282 g/mol. The van der Waals surface area contributed by atoms with Gasteiger partial charge in [0.15, 0.2) is 0 Å². The fourth-order valence-electron chi connectivity index (χ4n) is 2.68. The van der Waals surface area contributed by atoms with Crippen molar-refractivity contribution in [3.63, 3.8) is 0 Å². The van der Waals surface area contributed by atoms with Gasteiger partial charge < -0.3 is 10.6 Å². The highest BCUT2D eigenvalue weighted by Gasteiger charge is 2.31. The van der Waals surface area contributed by atoms with E-state index in [-0.39, 0.29) is 17.5 Å². The van der Waals surface area contributed by atoms with Crippen LogP contribution in [0.4, 0.5) is 0 Å². The maximum Gasteiger partial charge on any atom is 0.269 e. The Balaban J connectivity index is 1.78. The Kier molecular flexibility index (Phi) is 3.78. The molecule has 2 aromatic heterocycles. The molecule has 22 heavy (non-hydrogen) atoms. The van der Waals surface area contributed by atoms with Crippen molar-refractivity contribution >= 4 is 11.8 Å². The molecule has 112 valence electrons. The van der Waals surface area contributed by atoms with Crippen molar-refractivity contribution in [1.29, 1.82) is 0 Å². The number of primary amides is 1. The van der Waals surface area contributed by atoms with Crippen LogP contribution in [0.1, 0.15) is 38.9 Å². The van der Waals surface area contributed by atoms with E-state index in [1.807, 2.05) is 0 Å². The van der Waals surface area contributed by atoms with E-state index in [1.54, 1.807) is 29.4 Å². The molecule has 0 radical (unpaired) electrons. The van der Waals surface area contributed by atoms with Crippen molar-refractivity contribution in [2.24, 2.45) is 5.73 Å². The number of pyridine rings is 1. The number of nitrogens with zero attached hydrogens (tertiary/aromatic N) is 4. The lowest BCUT2D eigenvalue weighted by Crippen LogP contribution is -2.29. The van der Waals surface area contributed by atoms with Crippen LogP contribution in [0.15, 0.2) is 36.9 Å². The normalized spacial score (nSPS) is 17.5. The average Bonchev–Trinajstić information content (AvgIpc) is 3.04. The molecule has 3 heterocycles. The Morgan fingerprint density at radius 1 is 1.14 bits per heavy atom. The minimum atomic E-state index is -0.595. The van der Waals surface area contributed by atoms with Crippen LogP contribution < -0.4 is 5.73 Å². The Hall–Kier alpha value is -2.83. The second-order valence-electron chi connectivity index (χ2n) is 5.13. The first-order chi connectivity index (χ1) is 10.7. The first kappa shape index (κ1) is 14.1. The lowest BCUT2D eigenvalue weighted by Gasteiger charge is -2.16. The molecule has 2 aromatic rings. The molecule has 2 amide bonds. The molecule has 1 aliphatic rings. The summed E-state index contributed by atoms with van der Waals surface area (Å²) in [6.07, 6.45) is 6.90. The number of likely N-dealkylation sites (tertiary alicyclic amines) is 1. The van der Waals surface area contributed by atoms with Gasteiger partial charge in [-0.3, -0.25) is 19.6 Å². The van der Waals surface area contributed by atoms with Gasteiger partial charge in [0, 0.05) is 49.4 Å². The van der Waals surface area contributed by atoms with Crippen LogP contribution in [0.5, 0.6) is 0 Å². The predicted molar refractivity (Wildman–Crippen MR) is 78.0 cm³/mol. The Bertz CT molecular complexity index is 704. The summed E-state index contributed by atoms with van der Waals surface area (Å²) in [5.74, 6) is -0.668. The Morgan fingerprint density at radius 3 is 2.59 bits per heavy atom. The first-order valence-electron chi connectivity index (χ1n) is 6.97. The molecule has 1 saturated heterocycles. The predicted octanol–water partition coefficient (Wildman–Crippen LogP) is 0.600. The summed E-state index contributed by atoms with van der Waals surface area (Å²) in [7, 11) is 0. The van der Waals surface area contributed by atoms with Crippen molar-refractivity contribution in [3.8, 4) is 0 Å². The third kappa shape index (κ3) is 2.65. The largest absolute Gasteiger partial charge is 0.364 e. The van der Waals surface area contributed by atoms with E-state index < -0.39 is 5.91 Å². The van der Waals surface area contributed by atoms with Gasteiger partial charge in [-0.25, -0.2) is 4.98 Å². The molecule has 1 fully saturated rings. The average molecular weight is 297 g/mol. The van der Waals surface area contributed by atoms with Gasteiger partial charge in [0.2, 0.25) is 0 Å². The molecular formula is C15H15N5O2. The monoisotopic (exact) mass is 297 g/mol. The topological polar surface area (TPSA) is 102 Å². The van der Waals surface area contributed by atoms with E-state index in [9.17, 15) is 9.59 Å². The number of amides is 2. The molecule has 0 spiro atoms. The molecule has 1 atom stereocenters. The number of aromatic nitrogens is 3. The quantitative estimate of drug-likeness (QED) is 0.893. The van der Waals surface area contributed by atoms with E-state index in [4.69, 9.17) is 5.73 Å². The molecule has 0 aliphatic carbocycles. The van der Waals surface area contributed by atoms with E-state index >= 15 is 0 Å². The smallest absolute Gasteiger partial charge is 0.269 e. The lowest BCUT2D eigenvalue weighted by molar-refractivity contribution is 0.0790. The molecule has 0 aromatic carbocycles. The van der Waals surface area contributed by atoms with Gasteiger partial charge >= 0.3 is 0 Å². The van der Waals surface area contributed by atoms with Crippen molar-refractivity contribution in [1.82, 2.24) is 19.9 Å². The number of hydrogen-bond donors (Lipinski definition) is 1. The summed E-state index contributed by atoms with van der Waals surface area (Å²) in [5.41, 5.74) is 6.70. The maximum absolute atomic E-state index is 12.4. The van der Waals surface area contributed by atoms with E-state index in [1.165, 1.54) is 12.4 Å². The highest BCUT2D eigenvalue weighted by Crippen LogP contribution is 2.28. The molecule has 7 nitrogen and oxygen atoms in total. The zero-order chi connectivity index (χ0) is 15.5. The highest BCUT2D eigenvalue weighted by atomic mass is 16.2. The summed E-state index contributed by atoms with van der Waals surface area (Å²) in [6, 6.07) is 3.37. The van der Waals surface area contributed by atoms with Crippen LogP contribution in [0.2, 0.25) is 0 Å². The summed E-state index contributed by atoms with van der Waals surface area (Å²) in [5, 5.41) is 0. The minimum absolute atomic E-state index is 0.0259. The van der Waals surface area contributed by atoms with Crippen molar-refractivity contribution in [2.45, 2.75) is 12.3 Å². The summed E-state index contributed by atoms with van der Waals surface area (Å²) >= 11 is 0. The van der Waals surface area contributed by atoms with Crippen molar-refractivity contribution in [2.75, 3.05) is 13.1 Å². The van der Waals surface area contributed by atoms with Gasteiger partial charge in [-0.1, -0.05) is 0 Å². The molecule has 3 rings (SSSR count). The zero-order valence-electron chi connectivity index (χ0n) is 11.8. The van der Waals surface area contributed by atoms with Gasteiger partial charge in [0.25, 0.3) is 11.8 Å². The third-order valence-corrected chi connectivity index (χ3v) is 3.75. The lowest BCUT2D eigenvalue weighted by atomic mass is 10.0. The van der Waals surface area contributed by atoms with Gasteiger partial charge in [-0.15, -0.1) is 0 Å². The van der Waals surface area contributed by atoms with Crippen molar-refractivity contribution < 1.29 is 9.59 Å². The first-order valence-corrected chi connectivity index (χ1v) is 6.97. The standard InChI is InChI=1S/C15H15N5O2/c16-14(21)13-12(18-6-7-19-13)11-3-8-20(9-11)15(22)10-1-4-17-5-2-10/h1-2,4-7,11H,3,8-9H2,(H2,16,21)/t11-/m0/s1. The second-order valence-corrected chi connectivity index (χ2v) is 5.13. The number of nitrogens with two attached hydrogens (primary N) is 1. The molecule has 0 saturated carbocycles. The molecule has 0 bridgehead atoms. The highest BCUT2D eigenvalue weighted by molar-refractivity contribution is 5.94. The van der Waals surface area contributed by atoms with E-state index in [2.05, 4.69) is 15.0 Å². The molecule has 0 unspecified atom stereocenters. The summed E-state index contributed by atoms with van der Waals surface area (Å²) in [4.78, 5) is 37.8. The van der Waals surface area contributed by atoms with Gasteiger partial charge in [-0.2, -0.15) is 0 Å². The zero-order valence-corrected chi connectivity index (χ0v) is 11.8. The van der Waals surface area contributed by atoms with Crippen LogP contribution in [-0.4, -0.2) is 44.8 Å². The number of hydrogen-bond acceptors (Lipinski definition) is 5. The second kappa shape index (κ2) is 5.88. The fourth-order valence-corrected chi connectivity index (χ4v) is 2.68. The number of carbonyl (C=O) groups is 2.